The highest BCUT2D eigenvalue weighted by molar-refractivity contribution is 7.89. The first-order valence-electron chi connectivity index (χ1n) is 7.84. The van der Waals surface area contributed by atoms with Gasteiger partial charge in [-0.25, -0.2) is 21.9 Å². The van der Waals surface area contributed by atoms with E-state index in [1.165, 1.54) is 30.5 Å². The summed E-state index contributed by atoms with van der Waals surface area (Å²) in [4.78, 5) is 12.2. The van der Waals surface area contributed by atoms with Crippen LogP contribution in [-0.2, 0) is 16.6 Å². The van der Waals surface area contributed by atoms with Crippen LogP contribution in [-0.4, -0.2) is 14.3 Å². The Morgan fingerprint density at radius 2 is 1.82 bits per heavy atom. The SMILES string of the molecule is O=C(Nc1cccc(S(=O)(=O)NCc2ccco2)c1)c1cc(F)c(F)cc1Cl. The van der Waals surface area contributed by atoms with Crippen molar-refractivity contribution in [3.05, 3.63) is 82.8 Å². The molecule has 0 aliphatic heterocycles. The van der Waals surface area contributed by atoms with Crippen LogP contribution in [0.3, 0.4) is 0 Å². The van der Waals surface area contributed by atoms with Crippen molar-refractivity contribution < 1.29 is 26.4 Å². The van der Waals surface area contributed by atoms with Crippen molar-refractivity contribution in [3.63, 3.8) is 0 Å². The first kappa shape index (κ1) is 20.0. The van der Waals surface area contributed by atoms with Crippen molar-refractivity contribution in [2.45, 2.75) is 11.4 Å². The minimum Gasteiger partial charge on any atom is -0.468 e. The van der Waals surface area contributed by atoms with E-state index < -0.39 is 27.6 Å². The molecule has 1 amide bonds. The van der Waals surface area contributed by atoms with Gasteiger partial charge in [-0.3, -0.25) is 4.79 Å². The van der Waals surface area contributed by atoms with Gasteiger partial charge in [-0.05, 0) is 42.5 Å². The zero-order chi connectivity index (χ0) is 20.3. The molecule has 3 aromatic rings. The smallest absolute Gasteiger partial charge is 0.257 e. The summed E-state index contributed by atoms with van der Waals surface area (Å²) in [6.45, 7) is -0.0453. The van der Waals surface area contributed by atoms with Crippen molar-refractivity contribution >= 4 is 33.2 Å². The number of nitrogens with one attached hydrogen (secondary N) is 2. The number of hydrogen-bond donors (Lipinski definition) is 2. The Balaban J connectivity index is 1.77. The van der Waals surface area contributed by atoms with Crippen LogP contribution in [0, 0.1) is 11.6 Å². The normalized spacial score (nSPS) is 11.4. The summed E-state index contributed by atoms with van der Waals surface area (Å²) in [7, 11) is -3.88. The quantitative estimate of drug-likeness (QED) is 0.584. The number of benzene rings is 2. The van der Waals surface area contributed by atoms with Gasteiger partial charge >= 0.3 is 0 Å². The summed E-state index contributed by atoms with van der Waals surface area (Å²) < 4.78 is 58.7. The van der Waals surface area contributed by atoms with E-state index in [1.807, 2.05) is 0 Å². The largest absolute Gasteiger partial charge is 0.468 e. The summed E-state index contributed by atoms with van der Waals surface area (Å²) >= 11 is 5.77. The van der Waals surface area contributed by atoms with Gasteiger partial charge in [0.05, 0.1) is 28.3 Å². The predicted octanol–water partition coefficient (Wildman–Crippen LogP) is 3.94. The van der Waals surface area contributed by atoms with E-state index in [-0.39, 0.29) is 27.7 Å². The molecule has 0 spiro atoms. The lowest BCUT2D eigenvalue weighted by atomic mass is 10.2. The van der Waals surface area contributed by atoms with Gasteiger partial charge in [0.15, 0.2) is 11.6 Å². The van der Waals surface area contributed by atoms with Crippen molar-refractivity contribution in [1.82, 2.24) is 4.72 Å². The number of hydrogen-bond acceptors (Lipinski definition) is 4. The second-order valence-corrected chi connectivity index (χ2v) is 7.81. The minimum atomic E-state index is -3.88. The van der Waals surface area contributed by atoms with E-state index in [1.54, 1.807) is 12.1 Å². The molecule has 146 valence electrons. The number of carbonyl (C=O) groups is 1. The van der Waals surface area contributed by atoms with Gasteiger partial charge in [-0.2, -0.15) is 0 Å². The molecule has 0 saturated heterocycles. The predicted molar refractivity (Wildman–Crippen MR) is 98.5 cm³/mol. The number of anilines is 1. The lowest BCUT2D eigenvalue weighted by molar-refractivity contribution is 0.102. The molecule has 10 heteroatoms. The Morgan fingerprint density at radius 1 is 1.07 bits per heavy atom. The molecule has 6 nitrogen and oxygen atoms in total. The molecule has 0 radical (unpaired) electrons. The van der Waals surface area contributed by atoms with Crippen LogP contribution in [0.2, 0.25) is 5.02 Å². The molecule has 0 atom stereocenters. The van der Waals surface area contributed by atoms with Crippen LogP contribution in [0.4, 0.5) is 14.5 Å². The molecule has 2 aromatic carbocycles. The summed E-state index contributed by atoms with van der Waals surface area (Å²) in [5, 5.41) is 2.13. The van der Waals surface area contributed by atoms with Gasteiger partial charge in [-0.15, -0.1) is 0 Å². The number of halogens is 3. The Bertz CT molecular complexity index is 1120. The minimum absolute atomic E-state index is 0.0453. The first-order valence-corrected chi connectivity index (χ1v) is 9.70. The zero-order valence-corrected chi connectivity index (χ0v) is 15.7. The van der Waals surface area contributed by atoms with Crippen LogP contribution in [0.1, 0.15) is 16.1 Å². The second-order valence-electron chi connectivity index (χ2n) is 5.63. The van der Waals surface area contributed by atoms with E-state index in [4.69, 9.17) is 16.0 Å². The summed E-state index contributed by atoms with van der Waals surface area (Å²) in [6, 6.07) is 10.0. The third kappa shape index (κ3) is 4.56. The van der Waals surface area contributed by atoms with Crippen LogP contribution in [0.25, 0.3) is 0 Å². The summed E-state index contributed by atoms with van der Waals surface area (Å²) in [5.74, 6) is -2.80. The van der Waals surface area contributed by atoms with E-state index in [0.717, 1.165) is 0 Å². The Labute approximate surface area is 164 Å². The number of rotatable bonds is 6. The van der Waals surface area contributed by atoms with E-state index in [2.05, 4.69) is 10.0 Å². The Hall–Kier alpha value is -2.75. The maximum Gasteiger partial charge on any atom is 0.257 e. The molecule has 0 bridgehead atoms. The number of amides is 1. The molecule has 2 N–H and O–H groups in total. The first-order chi connectivity index (χ1) is 13.3. The van der Waals surface area contributed by atoms with Crippen molar-refractivity contribution in [1.29, 1.82) is 0 Å². The highest BCUT2D eigenvalue weighted by Gasteiger charge is 2.18. The number of sulfonamides is 1. The fourth-order valence-electron chi connectivity index (χ4n) is 2.30. The van der Waals surface area contributed by atoms with Gasteiger partial charge in [0.2, 0.25) is 10.0 Å². The fourth-order valence-corrected chi connectivity index (χ4v) is 3.57. The molecular weight excluding hydrogens is 414 g/mol. The maximum absolute atomic E-state index is 13.4. The van der Waals surface area contributed by atoms with Crippen molar-refractivity contribution in [2.24, 2.45) is 0 Å². The Kier molecular flexibility index (Phi) is 5.78. The standard InChI is InChI=1S/C18H13ClF2N2O4S/c19-15-9-17(21)16(20)8-14(15)18(24)23-11-3-1-5-13(7-11)28(25,26)22-10-12-4-2-6-27-12/h1-9,22H,10H2,(H,23,24). The monoisotopic (exact) mass is 426 g/mol. The molecule has 3 rings (SSSR count). The number of carbonyl (C=O) groups excluding carboxylic acids is 1. The van der Waals surface area contributed by atoms with Gasteiger partial charge in [0, 0.05) is 5.69 Å². The molecule has 0 aliphatic carbocycles. The van der Waals surface area contributed by atoms with Gasteiger partial charge < -0.3 is 9.73 Å². The molecule has 0 fully saturated rings. The van der Waals surface area contributed by atoms with Crippen molar-refractivity contribution in [2.75, 3.05) is 5.32 Å². The molecule has 0 saturated carbocycles. The zero-order valence-electron chi connectivity index (χ0n) is 14.1. The second kappa shape index (κ2) is 8.09. The molecule has 1 heterocycles. The van der Waals surface area contributed by atoms with E-state index in [0.29, 0.717) is 17.9 Å². The highest BCUT2D eigenvalue weighted by Crippen LogP contribution is 2.22. The molecule has 28 heavy (non-hydrogen) atoms. The third-order valence-electron chi connectivity index (χ3n) is 3.67. The highest BCUT2D eigenvalue weighted by atomic mass is 35.5. The van der Waals surface area contributed by atoms with Crippen LogP contribution in [0.15, 0.2) is 64.1 Å². The lowest BCUT2D eigenvalue weighted by Crippen LogP contribution is -2.23. The van der Waals surface area contributed by atoms with Crippen molar-refractivity contribution in [3.8, 4) is 0 Å². The topological polar surface area (TPSA) is 88.4 Å². The summed E-state index contributed by atoms with van der Waals surface area (Å²) in [6.07, 6.45) is 1.42. The Morgan fingerprint density at radius 3 is 2.54 bits per heavy atom. The molecule has 0 aliphatic rings. The average Bonchev–Trinajstić information content (AvgIpc) is 3.17. The van der Waals surface area contributed by atoms with Crippen LogP contribution >= 0.6 is 11.6 Å². The van der Waals surface area contributed by atoms with Gasteiger partial charge in [-0.1, -0.05) is 17.7 Å². The van der Waals surface area contributed by atoms with Crippen LogP contribution < -0.4 is 10.0 Å². The summed E-state index contributed by atoms with van der Waals surface area (Å²) in [5.41, 5.74) is -0.156. The molecule has 1 aromatic heterocycles. The molecule has 0 unspecified atom stereocenters. The van der Waals surface area contributed by atoms with Gasteiger partial charge in [0.25, 0.3) is 5.91 Å². The van der Waals surface area contributed by atoms with Gasteiger partial charge in [0.1, 0.15) is 5.76 Å². The third-order valence-corrected chi connectivity index (χ3v) is 5.38. The van der Waals surface area contributed by atoms with E-state index in [9.17, 15) is 22.0 Å². The molecular formula is C18H13ClF2N2O4S. The average molecular weight is 427 g/mol. The number of furan rings is 1. The van der Waals surface area contributed by atoms with Crippen LogP contribution in [0.5, 0.6) is 0 Å². The maximum atomic E-state index is 13.4. The van der Waals surface area contributed by atoms with E-state index >= 15 is 0 Å². The fraction of sp³-hybridized carbons (Fsp3) is 0.0556. The lowest BCUT2D eigenvalue weighted by Gasteiger charge is -2.10.